The van der Waals surface area contributed by atoms with E-state index in [2.05, 4.69) is 4.98 Å². The van der Waals surface area contributed by atoms with Gasteiger partial charge in [-0.25, -0.2) is 4.98 Å². The number of nitrogens with zero attached hydrogens (tertiary/aromatic N) is 1. The number of rotatable bonds is 5. The summed E-state index contributed by atoms with van der Waals surface area (Å²) in [6, 6.07) is 0. The molecule has 0 N–H and O–H groups in total. The highest BCUT2D eigenvalue weighted by Gasteiger charge is 2.36. The minimum absolute atomic E-state index is 0.232. The molecule has 0 bridgehead atoms. The quantitative estimate of drug-likeness (QED) is 0.617. The fourth-order valence-electron chi connectivity index (χ4n) is 2.81. The largest absolute Gasteiger partial charge is 0.469 e. The van der Waals surface area contributed by atoms with Crippen LogP contribution in [0.25, 0.3) is 0 Å². The van der Waals surface area contributed by atoms with Gasteiger partial charge in [-0.2, -0.15) is 0 Å². The molecule has 0 unspecified atom stereocenters. The van der Waals surface area contributed by atoms with Gasteiger partial charge in [0.25, 0.3) is 0 Å². The van der Waals surface area contributed by atoms with E-state index in [1.165, 1.54) is 32.8 Å². The van der Waals surface area contributed by atoms with Crippen LogP contribution in [0.15, 0.2) is 5.38 Å². The van der Waals surface area contributed by atoms with E-state index < -0.39 is 0 Å². The molecule has 0 aromatic carbocycles. The van der Waals surface area contributed by atoms with Crippen LogP contribution in [-0.2, 0) is 26.3 Å². The van der Waals surface area contributed by atoms with Crippen molar-refractivity contribution < 1.29 is 14.3 Å². The number of carbonyl (C=O) groups is 1. The second kappa shape index (κ2) is 7.18. The topological polar surface area (TPSA) is 48.4 Å². The van der Waals surface area contributed by atoms with Gasteiger partial charge in [-0.15, -0.1) is 11.3 Å². The maximum atomic E-state index is 11.3. The molecular weight excluding hydrogens is 274 g/mol. The Morgan fingerprint density at radius 2 is 2.05 bits per heavy atom. The summed E-state index contributed by atoms with van der Waals surface area (Å²) < 4.78 is 10.8. The predicted molar refractivity (Wildman–Crippen MR) is 78.8 cm³/mol. The van der Waals surface area contributed by atoms with Crippen molar-refractivity contribution in [3.8, 4) is 0 Å². The normalized spacial score (nSPS) is 18.5. The van der Waals surface area contributed by atoms with Gasteiger partial charge in [0, 0.05) is 12.0 Å². The Labute approximate surface area is 124 Å². The molecule has 1 aromatic heterocycles. The van der Waals surface area contributed by atoms with Crippen molar-refractivity contribution >= 4 is 17.3 Å². The van der Waals surface area contributed by atoms with E-state index in [1.807, 2.05) is 12.3 Å². The standard InChI is InChI=1S/C15H23NO3S/c1-3-19-15(8-6-4-5-7-9-15)14-16-12(11-20-14)10-13(17)18-2/h11H,3-10H2,1-2H3. The summed E-state index contributed by atoms with van der Waals surface area (Å²) >= 11 is 1.61. The zero-order valence-corrected chi connectivity index (χ0v) is 13.1. The van der Waals surface area contributed by atoms with E-state index >= 15 is 0 Å². The first-order valence-electron chi connectivity index (χ1n) is 7.36. The number of thiazole rings is 1. The summed E-state index contributed by atoms with van der Waals surface area (Å²) in [4.78, 5) is 16.0. The van der Waals surface area contributed by atoms with Crippen LogP contribution in [0.5, 0.6) is 0 Å². The highest BCUT2D eigenvalue weighted by Crippen LogP contribution is 2.40. The summed E-state index contributed by atoms with van der Waals surface area (Å²) in [5.74, 6) is -0.242. The van der Waals surface area contributed by atoms with Crippen molar-refractivity contribution in [3.63, 3.8) is 0 Å². The molecule has 4 nitrogen and oxygen atoms in total. The van der Waals surface area contributed by atoms with Crippen LogP contribution in [-0.4, -0.2) is 24.7 Å². The molecule has 112 valence electrons. The van der Waals surface area contributed by atoms with Crippen molar-refractivity contribution in [2.75, 3.05) is 13.7 Å². The first-order valence-corrected chi connectivity index (χ1v) is 8.24. The van der Waals surface area contributed by atoms with E-state index in [9.17, 15) is 4.79 Å². The summed E-state index contributed by atoms with van der Waals surface area (Å²) in [5, 5.41) is 2.98. The second-order valence-corrected chi connectivity index (χ2v) is 6.10. The van der Waals surface area contributed by atoms with E-state index in [-0.39, 0.29) is 18.0 Å². The molecule has 0 atom stereocenters. The minimum atomic E-state index is -0.242. The lowest BCUT2D eigenvalue weighted by molar-refractivity contribution is -0.139. The number of hydrogen-bond acceptors (Lipinski definition) is 5. The van der Waals surface area contributed by atoms with Crippen LogP contribution in [0.3, 0.4) is 0 Å². The number of aromatic nitrogens is 1. The number of hydrogen-bond donors (Lipinski definition) is 0. The molecule has 1 saturated carbocycles. The summed E-state index contributed by atoms with van der Waals surface area (Å²) in [6.45, 7) is 2.74. The molecule has 2 rings (SSSR count). The number of carbonyl (C=O) groups excluding carboxylic acids is 1. The van der Waals surface area contributed by atoms with E-state index in [1.54, 1.807) is 11.3 Å². The van der Waals surface area contributed by atoms with Gasteiger partial charge in [-0.1, -0.05) is 25.7 Å². The van der Waals surface area contributed by atoms with Gasteiger partial charge in [-0.05, 0) is 19.8 Å². The molecule has 0 saturated heterocycles. The third kappa shape index (κ3) is 3.58. The number of methoxy groups -OCH3 is 1. The third-order valence-corrected chi connectivity index (χ3v) is 4.90. The lowest BCUT2D eigenvalue weighted by Gasteiger charge is -2.30. The van der Waals surface area contributed by atoms with E-state index in [4.69, 9.17) is 9.47 Å². The van der Waals surface area contributed by atoms with Crippen LogP contribution < -0.4 is 0 Å². The molecule has 1 aliphatic carbocycles. The lowest BCUT2D eigenvalue weighted by atomic mass is 9.95. The number of ether oxygens (including phenoxy) is 2. The molecule has 20 heavy (non-hydrogen) atoms. The average molecular weight is 297 g/mol. The molecule has 0 amide bonds. The van der Waals surface area contributed by atoms with E-state index in [0.29, 0.717) is 6.61 Å². The van der Waals surface area contributed by atoms with Gasteiger partial charge >= 0.3 is 5.97 Å². The predicted octanol–water partition coefficient (Wildman–Crippen LogP) is 3.44. The minimum Gasteiger partial charge on any atom is -0.469 e. The summed E-state index contributed by atoms with van der Waals surface area (Å²) in [5.41, 5.74) is 0.560. The van der Waals surface area contributed by atoms with E-state index in [0.717, 1.165) is 23.5 Å². The Hall–Kier alpha value is -0.940. The highest BCUT2D eigenvalue weighted by molar-refractivity contribution is 7.09. The molecule has 1 heterocycles. The van der Waals surface area contributed by atoms with Crippen molar-refractivity contribution in [2.45, 2.75) is 57.5 Å². The molecule has 1 aliphatic rings. The zero-order valence-electron chi connectivity index (χ0n) is 12.3. The van der Waals surface area contributed by atoms with Crippen LogP contribution >= 0.6 is 11.3 Å². The number of esters is 1. The Kier molecular flexibility index (Phi) is 5.54. The van der Waals surface area contributed by atoms with Gasteiger partial charge in [0.15, 0.2) is 0 Å². The van der Waals surface area contributed by atoms with Gasteiger partial charge in [-0.3, -0.25) is 4.79 Å². The molecule has 1 aromatic rings. The monoisotopic (exact) mass is 297 g/mol. The Balaban J connectivity index is 2.18. The molecule has 0 spiro atoms. The Morgan fingerprint density at radius 1 is 1.35 bits per heavy atom. The first kappa shape index (κ1) is 15.4. The fourth-order valence-corrected chi connectivity index (χ4v) is 3.84. The maximum absolute atomic E-state index is 11.3. The fraction of sp³-hybridized carbons (Fsp3) is 0.733. The molecular formula is C15H23NO3S. The van der Waals surface area contributed by atoms with Crippen LogP contribution in [0.1, 0.15) is 56.2 Å². The second-order valence-electron chi connectivity index (χ2n) is 5.24. The highest BCUT2D eigenvalue weighted by atomic mass is 32.1. The molecule has 0 radical (unpaired) electrons. The van der Waals surface area contributed by atoms with Crippen LogP contribution in [0.4, 0.5) is 0 Å². The van der Waals surface area contributed by atoms with Crippen molar-refractivity contribution in [3.05, 3.63) is 16.1 Å². The summed E-state index contributed by atoms with van der Waals surface area (Å²) in [6.07, 6.45) is 7.23. The van der Waals surface area contributed by atoms with Gasteiger partial charge in [0.2, 0.25) is 0 Å². The van der Waals surface area contributed by atoms with Crippen molar-refractivity contribution in [2.24, 2.45) is 0 Å². The van der Waals surface area contributed by atoms with Crippen LogP contribution in [0, 0.1) is 0 Å². The Bertz CT molecular complexity index is 436. The van der Waals surface area contributed by atoms with Crippen LogP contribution in [0.2, 0.25) is 0 Å². The van der Waals surface area contributed by atoms with Crippen molar-refractivity contribution in [1.82, 2.24) is 4.98 Å². The lowest BCUT2D eigenvalue weighted by Crippen LogP contribution is -2.29. The van der Waals surface area contributed by atoms with Crippen molar-refractivity contribution in [1.29, 1.82) is 0 Å². The zero-order chi connectivity index (χ0) is 14.4. The average Bonchev–Trinajstić information content (AvgIpc) is 2.78. The molecule has 1 fully saturated rings. The summed E-state index contributed by atoms with van der Waals surface area (Å²) in [7, 11) is 1.41. The maximum Gasteiger partial charge on any atom is 0.311 e. The van der Waals surface area contributed by atoms with Gasteiger partial charge < -0.3 is 9.47 Å². The first-order chi connectivity index (χ1) is 9.70. The molecule has 0 aliphatic heterocycles. The molecule has 5 heteroatoms. The smallest absolute Gasteiger partial charge is 0.311 e. The van der Waals surface area contributed by atoms with Gasteiger partial charge in [0.1, 0.15) is 10.6 Å². The SMILES string of the molecule is CCOC1(c2nc(CC(=O)OC)cs2)CCCCCC1. The third-order valence-electron chi connectivity index (χ3n) is 3.83. The Morgan fingerprint density at radius 3 is 2.65 bits per heavy atom. The van der Waals surface area contributed by atoms with Gasteiger partial charge in [0.05, 0.1) is 19.2 Å².